The van der Waals surface area contributed by atoms with E-state index in [2.05, 4.69) is 15.9 Å². The van der Waals surface area contributed by atoms with Gasteiger partial charge < -0.3 is 15.2 Å². The van der Waals surface area contributed by atoms with Crippen LogP contribution in [0.4, 0.5) is 10.1 Å². The Kier molecular flexibility index (Phi) is 4.83. The average molecular weight is 318 g/mol. The summed E-state index contributed by atoms with van der Waals surface area (Å²) in [6.07, 6.45) is 4.53. The van der Waals surface area contributed by atoms with E-state index in [0.29, 0.717) is 28.6 Å². The fourth-order valence-electron chi connectivity index (χ4n) is 2.03. The van der Waals surface area contributed by atoms with Gasteiger partial charge in [0.05, 0.1) is 22.9 Å². The Morgan fingerprint density at radius 1 is 1.50 bits per heavy atom. The van der Waals surface area contributed by atoms with Crippen LogP contribution in [0, 0.1) is 5.82 Å². The standard InChI is InChI=1S/C13H17BrFNO2/c14-10-7-12(16)13(8-11(10)15)18-6-2-4-9-3-1-5-17-9/h7-9H,1-6,16H2. The molecule has 0 aromatic heterocycles. The molecule has 100 valence electrons. The molecule has 0 spiro atoms. The molecule has 0 bridgehead atoms. The Morgan fingerprint density at radius 2 is 2.33 bits per heavy atom. The first-order chi connectivity index (χ1) is 8.66. The van der Waals surface area contributed by atoms with Crippen molar-refractivity contribution >= 4 is 21.6 Å². The monoisotopic (exact) mass is 317 g/mol. The van der Waals surface area contributed by atoms with Gasteiger partial charge in [0.2, 0.25) is 0 Å². The second-order valence-corrected chi connectivity index (χ2v) is 5.28. The maximum absolute atomic E-state index is 13.3. The minimum atomic E-state index is -0.363. The molecular weight excluding hydrogens is 301 g/mol. The number of rotatable bonds is 5. The topological polar surface area (TPSA) is 44.5 Å². The predicted molar refractivity (Wildman–Crippen MR) is 72.2 cm³/mol. The van der Waals surface area contributed by atoms with Crippen LogP contribution in [0.15, 0.2) is 16.6 Å². The zero-order valence-corrected chi connectivity index (χ0v) is 11.7. The Labute approximate surface area is 115 Å². The highest BCUT2D eigenvalue weighted by atomic mass is 79.9. The quantitative estimate of drug-likeness (QED) is 0.667. The minimum Gasteiger partial charge on any atom is -0.491 e. The number of hydrogen-bond acceptors (Lipinski definition) is 3. The van der Waals surface area contributed by atoms with E-state index < -0.39 is 0 Å². The lowest BCUT2D eigenvalue weighted by molar-refractivity contribution is 0.0981. The van der Waals surface area contributed by atoms with Crippen LogP contribution in [0.25, 0.3) is 0 Å². The van der Waals surface area contributed by atoms with Gasteiger partial charge in [-0.2, -0.15) is 0 Å². The first-order valence-corrected chi connectivity index (χ1v) is 6.95. The highest BCUT2D eigenvalue weighted by Crippen LogP contribution is 2.28. The summed E-state index contributed by atoms with van der Waals surface area (Å²) in [6.45, 7) is 1.40. The first kappa shape index (κ1) is 13.6. The Morgan fingerprint density at radius 3 is 3.06 bits per heavy atom. The predicted octanol–water partition coefficient (Wildman–Crippen LogP) is 3.51. The number of nitrogens with two attached hydrogens (primary N) is 1. The molecular formula is C13H17BrFNO2. The molecule has 1 saturated heterocycles. The number of anilines is 1. The lowest BCUT2D eigenvalue weighted by atomic mass is 10.1. The molecule has 0 aliphatic carbocycles. The number of nitrogen functional groups attached to an aromatic ring is 1. The van der Waals surface area contributed by atoms with Crippen molar-refractivity contribution in [2.45, 2.75) is 31.8 Å². The molecule has 2 rings (SSSR count). The molecule has 1 unspecified atom stereocenters. The van der Waals surface area contributed by atoms with Gasteiger partial charge in [0.25, 0.3) is 0 Å². The lowest BCUT2D eigenvalue weighted by Crippen LogP contribution is -2.08. The summed E-state index contributed by atoms with van der Waals surface area (Å²) in [5, 5.41) is 0. The first-order valence-electron chi connectivity index (χ1n) is 6.16. The summed E-state index contributed by atoms with van der Waals surface area (Å²) in [4.78, 5) is 0. The van der Waals surface area contributed by atoms with Crippen LogP contribution in [-0.2, 0) is 4.74 Å². The molecule has 0 saturated carbocycles. The van der Waals surface area contributed by atoms with Crippen LogP contribution < -0.4 is 10.5 Å². The Bertz CT molecular complexity index is 408. The van der Waals surface area contributed by atoms with Gasteiger partial charge in [-0.1, -0.05) is 0 Å². The van der Waals surface area contributed by atoms with E-state index >= 15 is 0 Å². The van der Waals surface area contributed by atoms with Gasteiger partial charge >= 0.3 is 0 Å². The van der Waals surface area contributed by atoms with E-state index in [1.165, 1.54) is 12.1 Å². The number of hydrogen-bond donors (Lipinski definition) is 1. The Hall–Kier alpha value is -0.810. The molecule has 1 aliphatic heterocycles. The maximum atomic E-state index is 13.3. The molecule has 1 heterocycles. The van der Waals surface area contributed by atoms with E-state index in [4.69, 9.17) is 15.2 Å². The maximum Gasteiger partial charge on any atom is 0.145 e. The second kappa shape index (κ2) is 6.38. The van der Waals surface area contributed by atoms with Gasteiger partial charge in [-0.25, -0.2) is 4.39 Å². The van der Waals surface area contributed by atoms with Crippen molar-refractivity contribution in [2.75, 3.05) is 18.9 Å². The van der Waals surface area contributed by atoms with Gasteiger partial charge in [0.1, 0.15) is 11.6 Å². The molecule has 3 nitrogen and oxygen atoms in total. The molecule has 0 radical (unpaired) electrons. The third-order valence-electron chi connectivity index (χ3n) is 3.00. The van der Waals surface area contributed by atoms with Crippen molar-refractivity contribution < 1.29 is 13.9 Å². The van der Waals surface area contributed by atoms with E-state index in [0.717, 1.165) is 32.3 Å². The minimum absolute atomic E-state index is 0.353. The highest BCUT2D eigenvalue weighted by Gasteiger charge is 2.14. The van der Waals surface area contributed by atoms with Crippen molar-refractivity contribution in [2.24, 2.45) is 0 Å². The van der Waals surface area contributed by atoms with Gasteiger partial charge in [-0.3, -0.25) is 0 Å². The van der Waals surface area contributed by atoms with Crippen molar-refractivity contribution in [3.05, 3.63) is 22.4 Å². The largest absolute Gasteiger partial charge is 0.491 e. The molecule has 1 aliphatic rings. The van der Waals surface area contributed by atoms with Crippen LogP contribution in [-0.4, -0.2) is 19.3 Å². The fraction of sp³-hybridized carbons (Fsp3) is 0.538. The van der Waals surface area contributed by atoms with Crippen LogP contribution in [0.5, 0.6) is 5.75 Å². The van der Waals surface area contributed by atoms with E-state index in [1.807, 2.05) is 0 Å². The molecule has 1 fully saturated rings. The Balaban J connectivity index is 1.77. The van der Waals surface area contributed by atoms with Crippen molar-refractivity contribution in [1.29, 1.82) is 0 Å². The summed E-state index contributed by atoms with van der Waals surface area (Å²) in [5.41, 5.74) is 6.19. The summed E-state index contributed by atoms with van der Waals surface area (Å²) in [6, 6.07) is 2.83. The molecule has 0 amide bonds. The third-order valence-corrected chi connectivity index (χ3v) is 3.61. The third kappa shape index (κ3) is 3.59. The number of halogens is 2. The highest BCUT2D eigenvalue weighted by molar-refractivity contribution is 9.10. The second-order valence-electron chi connectivity index (χ2n) is 4.43. The van der Waals surface area contributed by atoms with Crippen molar-refractivity contribution in [3.63, 3.8) is 0 Å². The van der Waals surface area contributed by atoms with Crippen LogP contribution >= 0.6 is 15.9 Å². The summed E-state index contributed by atoms with van der Waals surface area (Å²) in [7, 11) is 0. The summed E-state index contributed by atoms with van der Waals surface area (Å²) < 4.78 is 24.7. The SMILES string of the molecule is Nc1cc(Br)c(F)cc1OCCCC1CCCO1. The summed E-state index contributed by atoms with van der Waals surface area (Å²) >= 11 is 3.08. The smallest absolute Gasteiger partial charge is 0.145 e. The van der Waals surface area contributed by atoms with Crippen molar-refractivity contribution in [1.82, 2.24) is 0 Å². The van der Waals surface area contributed by atoms with Gasteiger partial charge in [-0.15, -0.1) is 0 Å². The average Bonchev–Trinajstić information content (AvgIpc) is 2.84. The zero-order valence-electron chi connectivity index (χ0n) is 10.1. The zero-order chi connectivity index (χ0) is 13.0. The molecule has 5 heteroatoms. The normalized spacial score (nSPS) is 19.1. The number of ether oxygens (including phenoxy) is 2. The summed E-state index contributed by atoms with van der Waals surface area (Å²) in [5.74, 6) is 0.0429. The van der Waals surface area contributed by atoms with Crippen molar-refractivity contribution in [3.8, 4) is 5.75 Å². The number of benzene rings is 1. The van der Waals surface area contributed by atoms with Gasteiger partial charge in [0, 0.05) is 12.7 Å². The van der Waals surface area contributed by atoms with Gasteiger partial charge in [-0.05, 0) is 47.7 Å². The van der Waals surface area contributed by atoms with E-state index in [-0.39, 0.29) is 5.82 Å². The van der Waals surface area contributed by atoms with Gasteiger partial charge in [0.15, 0.2) is 0 Å². The molecule has 1 atom stereocenters. The molecule has 18 heavy (non-hydrogen) atoms. The van der Waals surface area contributed by atoms with E-state index in [9.17, 15) is 4.39 Å². The molecule has 1 aromatic carbocycles. The van der Waals surface area contributed by atoms with E-state index in [1.54, 1.807) is 0 Å². The van der Waals surface area contributed by atoms with Crippen LogP contribution in [0.2, 0.25) is 0 Å². The lowest BCUT2D eigenvalue weighted by Gasteiger charge is -2.11. The fourth-order valence-corrected chi connectivity index (χ4v) is 2.40. The molecule has 1 aromatic rings. The molecule has 2 N–H and O–H groups in total. The van der Waals surface area contributed by atoms with Crippen LogP contribution in [0.3, 0.4) is 0 Å². The van der Waals surface area contributed by atoms with Crippen LogP contribution in [0.1, 0.15) is 25.7 Å².